The highest BCUT2D eigenvalue weighted by Gasteiger charge is 2.03. The van der Waals surface area contributed by atoms with Crippen LogP contribution in [0.2, 0.25) is 0 Å². The van der Waals surface area contributed by atoms with Gasteiger partial charge in [-0.2, -0.15) is 0 Å². The number of alkyl halides is 1. The van der Waals surface area contributed by atoms with Gasteiger partial charge < -0.3 is 4.74 Å². The highest BCUT2D eigenvalue weighted by Crippen LogP contribution is 2.08. The van der Waals surface area contributed by atoms with Gasteiger partial charge in [-0.25, -0.2) is 0 Å². The van der Waals surface area contributed by atoms with Crippen molar-refractivity contribution < 1.29 is 4.74 Å². The van der Waals surface area contributed by atoms with Crippen LogP contribution in [0.1, 0.15) is 27.2 Å². The van der Waals surface area contributed by atoms with Crippen molar-refractivity contribution >= 4 is 15.9 Å². The maximum Gasteiger partial charge on any atom is 0.0557 e. The predicted molar refractivity (Wildman–Crippen MR) is 44.1 cm³/mol. The molecule has 0 radical (unpaired) electrons. The Morgan fingerprint density at radius 1 is 1.44 bits per heavy atom. The van der Waals surface area contributed by atoms with Crippen LogP contribution < -0.4 is 0 Å². The van der Waals surface area contributed by atoms with E-state index in [-0.39, 0.29) is 0 Å². The van der Waals surface area contributed by atoms with Crippen molar-refractivity contribution in [1.29, 1.82) is 0 Å². The second-order valence-corrected chi connectivity index (χ2v) is 3.85. The topological polar surface area (TPSA) is 9.23 Å². The Morgan fingerprint density at radius 3 is 2.33 bits per heavy atom. The van der Waals surface area contributed by atoms with Crippen molar-refractivity contribution in [3.05, 3.63) is 0 Å². The van der Waals surface area contributed by atoms with Gasteiger partial charge in [0.25, 0.3) is 0 Å². The minimum atomic E-state index is 0.393. The Hall–Kier alpha value is 0.440. The van der Waals surface area contributed by atoms with Gasteiger partial charge in [0.05, 0.1) is 6.10 Å². The fourth-order valence-electron chi connectivity index (χ4n) is 0.810. The monoisotopic (exact) mass is 194 g/mol. The van der Waals surface area contributed by atoms with Crippen LogP contribution in [0.4, 0.5) is 0 Å². The van der Waals surface area contributed by atoms with Crippen molar-refractivity contribution in [1.82, 2.24) is 0 Å². The van der Waals surface area contributed by atoms with Crippen LogP contribution in [0.15, 0.2) is 0 Å². The molecule has 1 nitrogen and oxygen atoms in total. The lowest BCUT2D eigenvalue weighted by molar-refractivity contribution is 0.0712. The molecule has 0 fully saturated rings. The first-order valence-electron chi connectivity index (χ1n) is 3.42. The molecule has 9 heavy (non-hydrogen) atoms. The van der Waals surface area contributed by atoms with Crippen molar-refractivity contribution in [2.75, 3.05) is 6.61 Å². The molecule has 0 heterocycles. The van der Waals surface area contributed by atoms with E-state index >= 15 is 0 Å². The Balaban J connectivity index is 3.15. The summed E-state index contributed by atoms with van der Waals surface area (Å²) in [6, 6.07) is 0. The Morgan fingerprint density at radius 2 is 2.00 bits per heavy atom. The summed E-state index contributed by atoms with van der Waals surface area (Å²) in [7, 11) is 0. The SMILES string of the molecule is CCOC(C)CC(C)Br. The zero-order valence-electron chi connectivity index (χ0n) is 6.36. The molecular weight excluding hydrogens is 180 g/mol. The van der Waals surface area contributed by atoms with Crippen molar-refractivity contribution in [3.63, 3.8) is 0 Å². The first-order chi connectivity index (χ1) is 4.16. The molecule has 0 spiro atoms. The number of halogens is 1. The van der Waals surface area contributed by atoms with Gasteiger partial charge in [-0.3, -0.25) is 0 Å². The zero-order valence-corrected chi connectivity index (χ0v) is 7.94. The third-order valence-electron chi connectivity index (χ3n) is 1.11. The fraction of sp³-hybridized carbons (Fsp3) is 1.00. The second-order valence-electron chi connectivity index (χ2n) is 2.28. The van der Waals surface area contributed by atoms with Crippen LogP contribution in [0.3, 0.4) is 0 Å². The standard InChI is InChI=1S/C7H15BrO/c1-4-9-7(3)5-6(2)8/h6-7H,4-5H2,1-3H3. The number of rotatable bonds is 4. The molecule has 0 aromatic carbocycles. The molecule has 0 aliphatic heterocycles. The van der Waals surface area contributed by atoms with Gasteiger partial charge in [0.2, 0.25) is 0 Å². The van der Waals surface area contributed by atoms with E-state index in [2.05, 4.69) is 29.8 Å². The van der Waals surface area contributed by atoms with E-state index in [0.29, 0.717) is 10.9 Å². The van der Waals surface area contributed by atoms with Crippen LogP contribution in [0.25, 0.3) is 0 Å². The van der Waals surface area contributed by atoms with Gasteiger partial charge in [0, 0.05) is 11.4 Å². The van der Waals surface area contributed by atoms with Crippen molar-refractivity contribution in [3.8, 4) is 0 Å². The summed E-state index contributed by atoms with van der Waals surface area (Å²) < 4.78 is 5.32. The van der Waals surface area contributed by atoms with E-state index in [0.717, 1.165) is 13.0 Å². The van der Waals surface area contributed by atoms with E-state index in [1.54, 1.807) is 0 Å². The van der Waals surface area contributed by atoms with Crippen LogP contribution in [-0.4, -0.2) is 17.5 Å². The normalized spacial score (nSPS) is 17.3. The molecule has 0 aliphatic carbocycles. The second kappa shape index (κ2) is 5.24. The van der Waals surface area contributed by atoms with Crippen LogP contribution in [0.5, 0.6) is 0 Å². The van der Waals surface area contributed by atoms with Gasteiger partial charge in [-0.05, 0) is 20.3 Å². The molecule has 56 valence electrons. The highest BCUT2D eigenvalue weighted by molar-refractivity contribution is 9.09. The summed E-state index contributed by atoms with van der Waals surface area (Å²) in [5, 5.41) is 0. The van der Waals surface area contributed by atoms with Gasteiger partial charge in [0.1, 0.15) is 0 Å². The Bertz CT molecular complexity index is 63.9. The third-order valence-corrected chi connectivity index (χ3v) is 1.48. The maximum atomic E-state index is 5.32. The summed E-state index contributed by atoms with van der Waals surface area (Å²) in [5.74, 6) is 0. The predicted octanol–water partition coefficient (Wildman–Crippen LogP) is 2.58. The summed E-state index contributed by atoms with van der Waals surface area (Å²) in [5.41, 5.74) is 0. The van der Waals surface area contributed by atoms with Crippen LogP contribution in [-0.2, 0) is 4.74 Å². The van der Waals surface area contributed by atoms with E-state index in [1.807, 2.05) is 6.92 Å². The molecular formula is C7H15BrO. The van der Waals surface area contributed by atoms with Crippen LogP contribution >= 0.6 is 15.9 Å². The molecule has 0 rings (SSSR count). The van der Waals surface area contributed by atoms with E-state index < -0.39 is 0 Å². The molecule has 0 saturated heterocycles. The summed E-state index contributed by atoms with van der Waals surface area (Å²) in [6.45, 7) is 7.08. The van der Waals surface area contributed by atoms with E-state index in [1.165, 1.54) is 0 Å². The van der Waals surface area contributed by atoms with Crippen LogP contribution in [0, 0.1) is 0 Å². The molecule has 0 aliphatic rings. The average molecular weight is 195 g/mol. The minimum absolute atomic E-state index is 0.393. The molecule has 0 aromatic rings. The molecule has 2 heteroatoms. The lowest BCUT2D eigenvalue weighted by atomic mass is 10.2. The van der Waals surface area contributed by atoms with Gasteiger partial charge >= 0.3 is 0 Å². The minimum Gasteiger partial charge on any atom is -0.379 e. The molecule has 0 amide bonds. The first-order valence-corrected chi connectivity index (χ1v) is 4.34. The Labute approximate surface area is 65.9 Å². The van der Waals surface area contributed by atoms with Crippen molar-refractivity contribution in [2.24, 2.45) is 0 Å². The lowest BCUT2D eigenvalue weighted by Crippen LogP contribution is -2.11. The third kappa shape index (κ3) is 6.32. The van der Waals surface area contributed by atoms with E-state index in [9.17, 15) is 0 Å². The lowest BCUT2D eigenvalue weighted by Gasteiger charge is -2.11. The molecule has 0 bridgehead atoms. The van der Waals surface area contributed by atoms with Gasteiger partial charge in [-0.15, -0.1) is 0 Å². The first kappa shape index (κ1) is 9.44. The number of ether oxygens (including phenoxy) is 1. The largest absolute Gasteiger partial charge is 0.379 e. The zero-order chi connectivity index (χ0) is 7.28. The maximum absolute atomic E-state index is 5.32. The molecule has 2 atom stereocenters. The van der Waals surface area contributed by atoms with Gasteiger partial charge in [-0.1, -0.05) is 22.9 Å². The highest BCUT2D eigenvalue weighted by atomic mass is 79.9. The smallest absolute Gasteiger partial charge is 0.0557 e. The van der Waals surface area contributed by atoms with Gasteiger partial charge in [0.15, 0.2) is 0 Å². The quantitative estimate of drug-likeness (QED) is 0.626. The fourth-order valence-corrected chi connectivity index (χ4v) is 1.34. The molecule has 0 aromatic heterocycles. The van der Waals surface area contributed by atoms with E-state index in [4.69, 9.17) is 4.74 Å². The summed E-state index contributed by atoms with van der Waals surface area (Å²) in [4.78, 5) is 0.569. The summed E-state index contributed by atoms with van der Waals surface area (Å²) in [6.07, 6.45) is 1.48. The molecule has 0 saturated carbocycles. The average Bonchev–Trinajstić information content (AvgIpc) is 1.63. The molecule has 0 N–H and O–H groups in total. The Kier molecular flexibility index (Phi) is 5.50. The summed E-state index contributed by atoms with van der Waals surface area (Å²) >= 11 is 3.46. The molecule has 2 unspecified atom stereocenters. The number of hydrogen-bond acceptors (Lipinski definition) is 1. The number of hydrogen-bond donors (Lipinski definition) is 0. The van der Waals surface area contributed by atoms with Crippen molar-refractivity contribution in [2.45, 2.75) is 38.1 Å².